The molecule has 156 valence electrons. The van der Waals surface area contributed by atoms with Crippen LogP contribution < -0.4 is 21.9 Å². The third-order valence-electron chi connectivity index (χ3n) is 4.66. The van der Waals surface area contributed by atoms with Crippen molar-refractivity contribution in [1.29, 1.82) is 0 Å². The monoisotopic (exact) mass is 408 g/mol. The van der Waals surface area contributed by atoms with Crippen molar-refractivity contribution in [3.05, 3.63) is 69.4 Å². The first kappa shape index (κ1) is 21.0. The smallest absolute Gasteiger partial charge is 0.326 e. The molecule has 3 aromatic rings. The zero-order chi connectivity index (χ0) is 21.5. The molecule has 3 N–H and O–H groups in total. The zero-order valence-corrected chi connectivity index (χ0v) is 16.7. The quantitative estimate of drug-likeness (QED) is 0.497. The third-order valence-corrected chi connectivity index (χ3v) is 4.66. The van der Waals surface area contributed by atoms with E-state index >= 15 is 0 Å². The predicted molar refractivity (Wildman–Crippen MR) is 117 cm³/mol. The molecular formula is C22H24N4O4. The van der Waals surface area contributed by atoms with Gasteiger partial charge in [0.2, 0.25) is 11.8 Å². The van der Waals surface area contributed by atoms with E-state index in [2.05, 4.69) is 15.6 Å². The van der Waals surface area contributed by atoms with Crippen LogP contribution in [0.4, 0.5) is 11.4 Å². The lowest BCUT2D eigenvalue weighted by Crippen LogP contribution is -2.35. The summed E-state index contributed by atoms with van der Waals surface area (Å²) in [5, 5.41) is 5.96. The molecule has 0 aliphatic carbocycles. The molecular weight excluding hydrogens is 384 g/mol. The Labute approximate surface area is 172 Å². The molecule has 0 fully saturated rings. The number of H-pyrrole nitrogens is 1. The maximum atomic E-state index is 12.5. The van der Waals surface area contributed by atoms with E-state index in [1.807, 2.05) is 0 Å². The number of rotatable bonds is 8. The summed E-state index contributed by atoms with van der Waals surface area (Å²) in [5.74, 6) is -0.261. The van der Waals surface area contributed by atoms with Gasteiger partial charge in [0.05, 0.1) is 10.9 Å². The van der Waals surface area contributed by atoms with Crippen LogP contribution in [0.3, 0.4) is 0 Å². The molecule has 0 bridgehead atoms. The van der Waals surface area contributed by atoms with Crippen LogP contribution in [0.2, 0.25) is 0 Å². The Kier molecular flexibility index (Phi) is 6.79. The Morgan fingerprint density at radius 1 is 0.900 bits per heavy atom. The van der Waals surface area contributed by atoms with E-state index in [9.17, 15) is 19.2 Å². The summed E-state index contributed by atoms with van der Waals surface area (Å²) in [6, 6.07) is 13.8. The first-order chi connectivity index (χ1) is 14.4. The molecule has 0 aliphatic heterocycles. The number of hydrogen-bond donors (Lipinski definition) is 3. The fraction of sp³-hybridized carbons (Fsp3) is 0.273. The van der Waals surface area contributed by atoms with Crippen LogP contribution >= 0.6 is 0 Å². The van der Waals surface area contributed by atoms with Gasteiger partial charge in [-0.15, -0.1) is 0 Å². The highest BCUT2D eigenvalue weighted by Gasteiger charge is 2.07. The van der Waals surface area contributed by atoms with E-state index < -0.39 is 5.69 Å². The molecule has 0 saturated heterocycles. The predicted octanol–water partition coefficient (Wildman–Crippen LogP) is 2.85. The molecule has 0 radical (unpaired) electrons. The highest BCUT2D eigenvalue weighted by molar-refractivity contribution is 5.92. The number of para-hydroxylation sites is 1. The molecule has 0 unspecified atom stereocenters. The van der Waals surface area contributed by atoms with Crippen molar-refractivity contribution in [3.8, 4) is 0 Å². The topological polar surface area (TPSA) is 113 Å². The summed E-state index contributed by atoms with van der Waals surface area (Å²) < 4.78 is 1.21. The SMILES string of the molecule is CC(=O)Nc1ccc(NC(=O)CCCCCn2c(=O)[nH]c3ccccc3c2=O)cc1. The number of aromatic nitrogens is 2. The highest BCUT2D eigenvalue weighted by Crippen LogP contribution is 2.14. The second kappa shape index (κ2) is 9.69. The molecule has 3 rings (SSSR count). The van der Waals surface area contributed by atoms with E-state index in [0.29, 0.717) is 54.5 Å². The minimum Gasteiger partial charge on any atom is -0.326 e. The molecule has 2 amide bonds. The molecule has 2 aromatic carbocycles. The Bertz CT molecular complexity index is 1160. The van der Waals surface area contributed by atoms with Crippen molar-refractivity contribution in [1.82, 2.24) is 9.55 Å². The van der Waals surface area contributed by atoms with E-state index in [-0.39, 0.29) is 17.4 Å². The van der Waals surface area contributed by atoms with Gasteiger partial charge < -0.3 is 15.6 Å². The first-order valence-electron chi connectivity index (χ1n) is 9.83. The number of nitrogens with zero attached hydrogens (tertiary/aromatic N) is 1. The second-order valence-electron chi connectivity index (χ2n) is 7.05. The Hall–Kier alpha value is -3.68. The number of benzene rings is 2. The number of fused-ring (bicyclic) bond motifs is 1. The summed E-state index contributed by atoms with van der Waals surface area (Å²) in [6.45, 7) is 1.74. The van der Waals surface area contributed by atoms with E-state index in [1.54, 1.807) is 48.5 Å². The summed E-state index contributed by atoms with van der Waals surface area (Å²) in [5.41, 5.74) is 1.14. The molecule has 0 spiro atoms. The molecule has 8 nitrogen and oxygen atoms in total. The molecule has 1 heterocycles. The number of aromatic amines is 1. The van der Waals surface area contributed by atoms with Crippen LogP contribution in [-0.2, 0) is 16.1 Å². The Morgan fingerprint density at radius 2 is 1.57 bits per heavy atom. The van der Waals surface area contributed by atoms with Gasteiger partial charge in [0.15, 0.2) is 0 Å². The number of anilines is 2. The van der Waals surface area contributed by atoms with Gasteiger partial charge in [-0.25, -0.2) is 4.79 Å². The minimum absolute atomic E-state index is 0.108. The number of carbonyl (C=O) groups excluding carboxylic acids is 2. The van der Waals surface area contributed by atoms with Crippen molar-refractivity contribution >= 4 is 34.1 Å². The van der Waals surface area contributed by atoms with Crippen LogP contribution in [0, 0.1) is 0 Å². The lowest BCUT2D eigenvalue weighted by molar-refractivity contribution is -0.116. The van der Waals surface area contributed by atoms with Crippen LogP contribution in [-0.4, -0.2) is 21.4 Å². The zero-order valence-electron chi connectivity index (χ0n) is 16.7. The van der Waals surface area contributed by atoms with Gasteiger partial charge >= 0.3 is 5.69 Å². The first-order valence-corrected chi connectivity index (χ1v) is 9.83. The van der Waals surface area contributed by atoms with Crippen LogP contribution in [0.25, 0.3) is 10.9 Å². The van der Waals surface area contributed by atoms with E-state index in [4.69, 9.17) is 0 Å². The van der Waals surface area contributed by atoms with Gasteiger partial charge in [0.1, 0.15) is 0 Å². The van der Waals surface area contributed by atoms with Gasteiger partial charge in [-0.3, -0.25) is 19.0 Å². The minimum atomic E-state index is -0.417. The number of hydrogen-bond acceptors (Lipinski definition) is 4. The number of carbonyl (C=O) groups is 2. The highest BCUT2D eigenvalue weighted by atomic mass is 16.2. The van der Waals surface area contributed by atoms with Crippen molar-refractivity contribution < 1.29 is 9.59 Å². The molecule has 1 aromatic heterocycles. The summed E-state index contributed by atoms with van der Waals surface area (Å²) in [7, 11) is 0. The molecule has 8 heteroatoms. The lowest BCUT2D eigenvalue weighted by Gasteiger charge is -2.08. The van der Waals surface area contributed by atoms with Crippen molar-refractivity contribution in [2.24, 2.45) is 0 Å². The van der Waals surface area contributed by atoms with Crippen molar-refractivity contribution in [2.45, 2.75) is 39.2 Å². The largest absolute Gasteiger partial charge is 0.328 e. The Balaban J connectivity index is 1.45. The average Bonchev–Trinajstić information content (AvgIpc) is 2.71. The standard InChI is InChI=1S/C22H24N4O4/c1-15(27)23-16-10-12-17(13-11-16)24-20(28)9-3-2-6-14-26-21(29)18-7-4-5-8-19(18)25-22(26)30/h4-5,7-8,10-13H,2-3,6,9,14H2,1H3,(H,23,27)(H,24,28)(H,25,30). The third kappa shape index (κ3) is 5.44. The average molecular weight is 408 g/mol. The van der Waals surface area contributed by atoms with Gasteiger partial charge in [0, 0.05) is 31.3 Å². The fourth-order valence-corrected chi connectivity index (χ4v) is 3.20. The number of nitrogens with one attached hydrogen (secondary N) is 3. The van der Waals surface area contributed by atoms with Crippen LogP contribution in [0.15, 0.2) is 58.1 Å². The van der Waals surface area contributed by atoms with Gasteiger partial charge in [0.25, 0.3) is 5.56 Å². The van der Waals surface area contributed by atoms with E-state index in [0.717, 1.165) is 0 Å². The van der Waals surface area contributed by atoms with Crippen LogP contribution in [0.5, 0.6) is 0 Å². The fourth-order valence-electron chi connectivity index (χ4n) is 3.20. The van der Waals surface area contributed by atoms with Crippen LogP contribution in [0.1, 0.15) is 32.6 Å². The maximum Gasteiger partial charge on any atom is 0.328 e. The lowest BCUT2D eigenvalue weighted by atomic mass is 10.1. The van der Waals surface area contributed by atoms with Gasteiger partial charge in [-0.1, -0.05) is 18.6 Å². The van der Waals surface area contributed by atoms with Crippen molar-refractivity contribution in [3.63, 3.8) is 0 Å². The van der Waals surface area contributed by atoms with E-state index in [1.165, 1.54) is 11.5 Å². The summed E-state index contributed by atoms with van der Waals surface area (Å²) in [6.07, 6.45) is 2.33. The molecule has 0 saturated carbocycles. The van der Waals surface area contributed by atoms with Gasteiger partial charge in [-0.2, -0.15) is 0 Å². The molecule has 30 heavy (non-hydrogen) atoms. The normalized spacial score (nSPS) is 10.7. The second-order valence-corrected chi connectivity index (χ2v) is 7.05. The number of unbranched alkanes of at least 4 members (excludes halogenated alkanes) is 2. The molecule has 0 atom stereocenters. The Morgan fingerprint density at radius 3 is 2.27 bits per heavy atom. The summed E-state index contributed by atoms with van der Waals surface area (Å²) in [4.78, 5) is 50.4. The maximum absolute atomic E-state index is 12.5. The molecule has 0 aliphatic rings. The van der Waals surface area contributed by atoms with Crippen molar-refractivity contribution in [2.75, 3.05) is 10.6 Å². The summed E-state index contributed by atoms with van der Waals surface area (Å²) >= 11 is 0. The van der Waals surface area contributed by atoms with Gasteiger partial charge in [-0.05, 0) is 49.2 Å². The number of amides is 2.